The first-order chi connectivity index (χ1) is 12.3. The molecule has 2 aliphatic rings. The van der Waals surface area contributed by atoms with E-state index in [9.17, 15) is 29.9 Å². The maximum absolute atomic E-state index is 11.4. The predicted molar refractivity (Wildman–Crippen MR) is 96.6 cm³/mol. The van der Waals surface area contributed by atoms with E-state index in [-0.39, 0.29) is 41.4 Å². The lowest BCUT2D eigenvalue weighted by atomic mass is 9.72. The van der Waals surface area contributed by atoms with E-state index in [0.29, 0.717) is 25.3 Å². The fourth-order valence-electron chi connectivity index (χ4n) is 3.90. The van der Waals surface area contributed by atoms with Crippen molar-refractivity contribution in [2.45, 2.75) is 37.8 Å². The average molecular weight is 401 g/mol. The number of nitrogens with zero attached hydrogens (tertiary/aromatic N) is 1. The third-order valence-electron chi connectivity index (χ3n) is 5.25. The van der Waals surface area contributed by atoms with E-state index < -0.39 is 22.9 Å². The standard InChI is InChI=1S/C17H20N2O7.ClH/c20-16(21)13-7-11(19(24)25)2-4-15(13)26-12-3-1-9-8-18-14(17(22)23)6-10(9)5-12;/h2,4,7,9-10,12,14,18H,1,3,5-6,8H2,(H,20,21)(H,22,23);1H. The number of rotatable bonds is 5. The van der Waals surface area contributed by atoms with Gasteiger partial charge in [-0.25, -0.2) is 4.79 Å². The van der Waals surface area contributed by atoms with Gasteiger partial charge >= 0.3 is 11.9 Å². The van der Waals surface area contributed by atoms with Crippen LogP contribution in [0.3, 0.4) is 0 Å². The second-order valence-electron chi connectivity index (χ2n) is 6.85. The van der Waals surface area contributed by atoms with E-state index in [1.807, 2.05) is 0 Å². The van der Waals surface area contributed by atoms with Gasteiger partial charge in [-0.05, 0) is 50.1 Å². The monoisotopic (exact) mass is 400 g/mol. The van der Waals surface area contributed by atoms with Crippen LogP contribution in [0.5, 0.6) is 5.75 Å². The van der Waals surface area contributed by atoms with Crippen LogP contribution in [0.15, 0.2) is 18.2 Å². The van der Waals surface area contributed by atoms with Crippen LogP contribution in [0.2, 0.25) is 0 Å². The average Bonchev–Trinajstić information content (AvgIpc) is 2.61. The van der Waals surface area contributed by atoms with Crippen LogP contribution >= 0.6 is 12.4 Å². The van der Waals surface area contributed by atoms with E-state index >= 15 is 0 Å². The highest BCUT2D eigenvalue weighted by molar-refractivity contribution is 5.91. The number of nitro groups is 1. The summed E-state index contributed by atoms with van der Waals surface area (Å²) in [6.45, 7) is 0.659. The third kappa shape index (κ3) is 4.67. The summed E-state index contributed by atoms with van der Waals surface area (Å²) in [6.07, 6.45) is 2.53. The van der Waals surface area contributed by atoms with Crippen LogP contribution in [0, 0.1) is 22.0 Å². The fraction of sp³-hybridized carbons (Fsp3) is 0.529. The van der Waals surface area contributed by atoms with Gasteiger partial charge in [-0.2, -0.15) is 0 Å². The number of carboxylic acid groups (broad SMARTS) is 2. The number of benzene rings is 1. The molecular weight excluding hydrogens is 380 g/mol. The van der Waals surface area contributed by atoms with Crippen LogP contribution in [-0.2, 0) is 4.79 Å². The molecule has 3 N–H and O–H groups in total. The van der Waals surface area contributed by atoms with Gasteiger partial charge in [-0.15, -0.1) is 12.4 Å². The number of halogens is 1. The molecular formula is C17H21ClN2O7. The van der Waals surface area contributed by atoms with E-state index in [4.69, 9.17) is 4.74 Å². The number of nitro benzene ring substituents is 1. The zero-order valence-electron chi connectivity index (χ0n) is 14.4. The Morgan fingerprint density at radius 1 is 1.19 bits per heavy atom. The zero-order valence-corrected chi connectivity index (χ0v) is 15.2. The molecule has 1 saturated heterocycles. The molecule has 9 nitrogen and oxygen atoms in total. The number of non-ortho nitro benzene ring substituents is 1. The smallest absolute Gasteiger partial charge is 0.339 e. The Hall–Kier alpha value is -2.39. The van der Waals surface area contributed by atoms with Gasteiger partial charge in [-0.1, -0.05) is 0 Å². The van der Waals surface area contributed by atoms with Crippen molar-refractivity contribution in [3.8, 4) is 5.75 Å². The Morgan fingerprint density at radius 2 is 1.93 bits per heavy atom. The Labute approximate surface area is 161 Å². The van der Waals surface area contributed by atoms with Gasteiger partial charge in [0.05, 0.1) is 11.0 Å². The molecule has 1 heterocycles. The lowest BCUT2D eigenvalue weighted by Gasteiger charge is -2.41. The van der Waals surface area contributed by atoms with Gasteiger partial charge in [0.25, 0.3) is 5.69 Å². The first kappa shape index (κ1) is 20.9. The molecule has 27 heavy (non-hydrogen) atoms. The molecule has 0 bridgehead atoms. The first-order valence-electron chi connectivity index (χ1n) is 8.49. The van der Waals surface area contributed by atoms with E-state index in [1.165, 1.54) is 12.1 Å². The van der Waals surface area contributed by atoms with Crippen molar-refractivity contribution in [3.05, 3.63) is 33.9 Å². The van der Waals surface area contributed by atoms with Gasteiger partial charge in [0.1, 0.15) is 17.4 Å². The quantitative estimate of drug-likeness (QED) is 0.505. The van der Waals surface area contributed by atoms with Crippen molar-refractivity contribution < 1.29 is 29.5 Å². The molecule has 0 amide bonds. The Morgan fingerprint density at radius 3 is 2.56 bits per heavy atom. The molecule has 3 rings (SSSR count). The number of hydrogen-bond acceptors (Lipinski definition) is 6. The molecule has 1 aromatic rings. The normalized spacial score (nSPS) is 27.0. The number of fused-ring (bicyclic) bond motifs is 1. The predicted octanol–water partition coefficient (Wildman–Crippen LogP) is 2.33. The minimum Gasteiger partial charge on any atom is -0.490 e. The fourth-order valence-corrected chi connectivity index (χ4v) is 3.90. The molecule has 1 aliphatic heterocycles. The number of aliphatic carboxylic acids is 1. The maximum Gasteiger partial charge on any atom is 0.339 e. The molecule has 0 aromatic heterocycles. The van der Waals surface area contributed by atoms with Crippen molar-refractivity contribution in [1.82, 2.24) is 5.32 Å². The summed E-state index contributed by atoms with van der Waals surface area (Å²) in [4.78, 5) is 32.8. The molecule has 0 spiro atoms. The summed E-state index contributed by atoms with van der Waals surface area (Å²) in [5.41, 5.74) is -0.545. The molecule has 1 aliphatic carbocycles. The Kier molecular flexibility index (Phi) is 6.61. The Bertz CT molecular complexity index is 742. The van der Waals surface area contributed by atoms with Crippen molar-refractivity contribution in [3.63, 3.8) is 0 Å². The largest absolute Gasteiger partial charge is 0.490 e. The lowest BCUT2D eigenvalue weighted by molar-refractivity contribution is -0.384. The van der Waals surface area contributed by atoms with Crippen LogP contribution in [0.25, 0.3) is 0 Å². The second kappa shape index (κ2) is 8.53. The SMILES string of the molecule is Cl.O=C(O)c1cc([N+](=O)[O-])ccc1OC1CCC2CNC(C(=O)O)CC2C1. The van der Waals surface area contributed by atoms with Gasteiger partial charge in [0.2, 0.25) is 0 Å². The van der Waals surface area contributed by atoms with Crippen LogP contribution in [0.4, 0.5) is 5.69 Å². The minimum absolute atomic E-state index is 0. The third-order valence-corrected chi connectivity index (χ3v) is 5.25. The van der Waals surface area contributed by atoms with Gasteiger partial charge in [-0.3, -0.25) is 14.9 Å². The molecule has 10 heteroatoms. The van der Waals surface area contributed by atoms with Gasteiger partial charge in [0.15, 0.2) is 0 Å². The second-order valence-corrected chi connectivity index (χ2v) is 6.85. The molecule has 1 saturated carbocycles. The molecule has 148 valence electrons. The topological polar surface area (TPSA) is 139 Å². The summed E-state index contributed by atoms with van der Waals surface area (Å²) in [5.74, 6) is -1.46. The van der Waals surface area contributed by atoms with Crippen molar-refractivity contribution in [1.29, 1.82) is 0 Å². The minimum atomic E-state index is -1.29. The Balaban J connectivity index is 0.00000261. The number of piperidine rings is 1. The van der Waals surface area contributed by atoms with Gasteiger partial charge < -0.3 is 20.3 Å². The van der Waals surface area contributed by atoms with Crippen LogP contribution < -0.4 is 10.1 Å². The summed E-state index contributed by atoms with van der Waals surface area (Å²) >= 11 is 0. The van der Waals surface area contributed by atoms with E-state index in [1.54, 1.807) is 0 Å². The number of aromatic carboxylic acids is 1. The van der Waals surface area contributed by atoms with Crippen molar-refractivity contribution in [2.24, 2.45) is 11.8 Å². The molecule has 0 radical (unpaired) electrons. The van der Waals surface area contributed by atoms with Crippen LogP contribution in [-0.4, -0.2) is 45.8 Å². The van der Waals surface area contributed by atoms with Gasteiger partial charge in [0, 0.05) is 12.1 Å². The summed E-state index contributed by atoms with van der Waals surface area (Å²) < 4.78 is 5.86. The number of nitrogens with one attached hydrogen (secondary N) is 1. The number of carbonyl (C=O) groups is 2. The van der Waals surface area contributed by atoms with Crippen molar-refractivity contribution in [2.75, 3.05) is 6.54 Å². The summed E-state index contributed by atoms with van der Waals surface area (Å²) in [5, 5.41) is 32.4. The molecule has 4 atom stereocenters. The van der Waals surface area contributed by atoms with E-state index in [2.05, 4.69) is 5.32 Å². The van der Waals surface area contributed by atoms with Crippen molar-refractivity contribution >= 4 is 30.0 Å². The van der Waals surface area contributed by atoms with E-state index in [0.717, 1.165) is 18.9 Å². The summed E-state index contributed by atoms with van der Waals surface area (Å²) in [7, 11) is 0. The summed E-state index contributed by atoms with van der Waals surface area (Å²) in [6, 6.07) is 2.96. The molecule has 2 fully saturated rings. The first-order valence-corrected chi connectivity index (χ1v) is 8.49. The van der Waals surface area contributed by atoms with Crippen LogP contribution in [0.1, 0.15) is 36.0 Å². The highest BCUT2D eigenvalue weighted by Gasteiger charge is 2.38. The molecule has 1 aromatic carbocycles. The highest BCUT2D eigenvalue weighted by atomic mass is 35.5. The number of hydrogen-bond donors (Lipinski definition) is 3. The zero-order chi connectivity index (χ0) is 18.8. The highest BCUT2D eigenvalue weighted by Crippen LogP contribution is 2.38. The number of carboxylic acids is 2. The number of ether oxygens (including phenoxy) is 1. The maximum atomic E-state index is 11.4. The lowest BCUT2D eigenvalue weighted by Crippen LogP contribution is -2.50. The molecule has 4 unspecified atom stereocenters.